The number of carbonyl (C=O) groups excluding carboxylic acids is 2. The van der Waals surface area contributed by atoms with Gasteiger partial charge in [-0.1, -0.05) is 0 Å². The van der Waals surface area contributed by atoms with Crippen LogP contribution >= 0.6 is 0 Å². The van der Waals surface area contributed by atoms with Gasteiger partial charge in [-0.25, -0.2) is 0 Å². The number of hydrogen-bond acceptors (Lipinski definition) is 4. The van der Waals surface area contributed by atoms with Gasteiger partial charge >= 0.3 is 0 Å². The minimum absolute atomic E-state index is 0.105. The van der Waals surface area contributed by atoms with E-state index >= 15 is 0 Å². The number of nitrogens with one attached hydrogen (secondary N) is 1. The smallest absolute Gasteiger partial charge is 0.239 e. The summed E-state index contributed by atoms with van der Waals surface area (Å²) in [5, 5.41) is 2.30. The number of nitrogens with two attached hydrogens (primary N) is 2. The third-order valence-corrected chi connectivity index (χ3v) is 1.47. The van der Waals surface area contributed by atoms with Crippen LogP contribution in [0.2, 0.25) is 0 Å². The average molecular weight is 217 g/mol. The molecule has 0 unspecified atom stereocenters. The highest BCUT2D eigenvalue weighted by molar-refractivity contribution is 5.86. The van der Waals surface area contributed by atoms with Gasteiger partial charge in [0, 0.05) is 0 Å². The van der Waals surface area contributed by atoms with Crippen LogP contribution in [0.25, 0.3) is 0 Å². The fourth-order valence-electron chi connectivity index (χ4n) is 0.721. The molecule has 0 aromatic heterocycles. The Morgan fingerprint density at radius 3 is 2.33 bits per heavy atom. The SMILES string of the molecule is CC(C)(C)OC[C@H](N)C(=O)NCC(N)=O. The van der Waals surface area contributed by atoms with Crippen molar-refractivity contribution in [3.05, 3.63) is 0 Å². The van der Waals surface area contributed by atoms with E-state index in [2.05, 4.69) is 5.32 Å². The first-order valence-electron chi connectivity index (χ1n) is 4.68. The van der Waals surface area contributed by atoms with Crippen molar-refractivity contribution in [3.63, 3.8) is 0 Å². The van der Waals surface area contributed by atoms with Crippen LogP contribution in [0.4, 0.5) is 0 Å². The highest BCUT2D eigenvalue weighted by Crippen LogP contribution is 2.06. The van der Waals surface area contributed by atoms with Gasteiger partial charge in [0.05, 0.1) is 18.8 Å². The van der Waals surface area contributed by atoms with E-state index in [9.17, 15) is 9.59 Å². The molecule has 0 bridgehead atoms. The van der Waals surface area contributed by atoms with Crippen LogP contribution in [0.3, 0.4) is 0 Å². The van der Waals surface area contributed by atoms with Crippen LogP contribution in [0, 0.1) is 0 Å². The molecule has 88 valence electrons. The van der Waals surface area contributed by atoms with Crippen LogP contribution in [-0.2, 0) is 14.3 Å². The molecule has 2 amide bonds. The Bertz CT molecular complexity index is 235. The molecule has 0 aromatic rings. The summed E-state index contributed by atoms with van der Waals surface area (Å²) in [5.41, 5.74) is 10.0. The first-order valence-corrected chi connectivity index (χ1v) is 4.68. The van der Waals surface area contributed by atoms with Crippen molar-refractivity contribution < 1.29 is 14.3 Å². The molecule has 0 saturated heterocycles. The lowest BCUT2D eigenvalue weighted by molar-refractivity contribution is -0.127. The number of rotatable bonds is 5. The van der Waals surface area contributed by atoms with E-state index in [1.165, 1.54) is 0 Å². The van der Waals surface area contributed by atoms with Crippen LogP contribution in [0.15, 0.2) is 0 Å². The molecule has 0 aliphatic rings. The number of ether oxygens (including phenoxy) is 1. The van der Waals surface area contributed by atoms with Gasteiger partial charge in [0.2, 0.25) is 11.8 Å². The molecule has 0 rings (SSSR count). The second kappa shape index (κ2) is 5.67. The van der Waals surface area contributed by atoms with Gasteiger partial charge in [0.25, 0.3) is 0 Å². The average Bonchev–Trinajstić information content (AvgIpc) is 2.08. The molecule has 0 radical (unpaired) electrons. The second-order valence-corrected chi connectivity index (χ2v) is 4.21. The van der Waals surface area contributed by atoms with Gasteiger partial charge in [0.1, 0.15) is 6.04 Å². The molecule has 6 nitrogen and oxygen atoms in total. The molecule has 0 saturated carbocycles. The lowest BCUT2D eigenvalue weighted by Gasteiger charge is -2.21. The van der Waals surface area contributed by atoms with Crippen molar-refractivity contribution in [1.29, 1.82) is 0 Å². The highest BCUT2D eigenvalue weighted by Gasteiger charge is 2.18. The third kappa shape index (κ3) is 7.90. The van der Waals surface area contributed by atoms with Gasteiger partial charge in [-0.2, -0.15) is 0 Å². The quantitative estimate of drug-likeness (QED) is 0.533. The van der Waals surface area contributed by atoms with Crippen molar-refractivity contribution in [2.75, 3.05) is 13.2 Å². The number of hydrogen-bond donors (Lipinski definition) is 3. The van der Waals surface area contributed by atoms with Crippen molar-refractivity contribution in [3.8, 4) is 0 Å². The molecular weight excluding hydrogens is 198 g/mol. The predicted octanol–water partition coefficient (Wildman–Crippen LogP) is -1.27. The van der Waals surface area contributed by atoms with Crippen LogP contribution in [-0.4, -0.2) is 36.6 Å². The summed E-state index contributed by atoms with van der Waals surface area (Å²) in [6, 6.07) is -0.788. The molecule has 5 N–H and O–H groups in total. The van der Waals surface area contributed by atoms with Crippen LogP contribution in [0.1, 0.15) is 20.8 Å². The zero-order valence-corrected chi connectivity index (χ0v) is 9.37. The van der Waals surface area contributed by atoms with E-state index in [1.807, 2.05) is 20.8 Å². The lowest BCUT2D eigenvalue weighted by Crippen LogP contribution is -2.47. The zero-order chi connectivity index (χ0) is 12.1. The zero-order valence-electron chi connectivity index (χ0n) is 9.37. The summed E-state index contributed by atoms with van der Waals surface area (Å²) >= 11 is 0. The second-order valence-electron chi connectivity index (χ2n) is 4.21. The normalized spacial score (nSPS) is 13.3. The Hall–Kier alpha value is -1.14. The van der Waals surface area contributed by atoms with E-state index in [0.29, 0.717) is 0 Å². The summed E-state index contributed by atoms with van der Waals surface area (Å²) in [4.78, 5) is 21.6. The third-order valence-electron chi connectivity index (χ3n) is 1.47. The van der Waals surface area contributed by atoms with Gasteiger partial charge < -0.3 is 21.5 Å². The fraction of sp³-hybridized carbons (Fsp3) is 0.778. The maximum atomic E-state index is 11.2. The minimum Gasteiger partial charge on any atom is -0.374 e. The van der Waals surface area contributed by atoms with Crippen LogP contribution in [0.5, 0.6) is 0 Å². The largest absolute Gasteiger partial charge is 0.374 e. The molecule has 0 aliphatic heterocycles. The van der Waals surface area contributed by atoms with Crippen molar-refractivity contribution in [1.82, 2.24) is 5.32 Å². The van der Waals surface area contributed by atoms with Gasteiger partial charge in [-0.05, 0) is 20.8 Å². The van der Waals surface area contributed by atoms with E-state index in [0.717, 1.165) is 0 Å². The Labute approximate surface area is 89.3 Å². The van der Waals surface area contributed by atoms with Gasteiger partial charge in [0.15, 0.2) is 0 Å². The minimum atomic E-state index is -0.788. The maximum absolute atomic E-state index is 11.2. The summed E-state index contributed by atoms with van der Waals surface area (Å²) in [6.07, 6.45) is 0. The summed E-state index contributed by atoms with van der Waals surface area (Å²) in [5.74, 6) is -1.05. The molecule has 0 spiro atoms. The monoisotopic (exact) mass is 217 g/mol. The van der Waals surface area contributed by atoms with E-state index in [4.69, 9.17) is 16.2 Å². The molecule has 15 heavy (non-hydrogen) atoms. The van der Waals surface area contributed by atoms with Crippen molar-refractivity contribution in [2.24, 2.45) is 11.5 Å². The number of amides is 2. The first kappa shape index (κ1) is 13.9. The van der Waals surface area contributed by atoms with Gasteiger partial charge in [-0.15, -0.1) is 0 Å². The summed E-state index contributed by atoms with van der Waals surface area (Å²) < 4.78 is 5.32. The summed E-state index contributed by atoms with van der Waals surface area (Å²) in [7, 11) is 0. The molecule has 0 aromatic carbocycles. The number of primary amides is 1. The Balaban J connectivity index is 3.84. The fourth-order valence-corrected chi connectivity index (χ4v) is 0.721. The Kier molecular flexibility index (Phi) is 5.24. The predicted molar refractivity (Wildman–Crippen MR) is 55.9 cm³/mol. The molecule has 0 aliphatic carbocycles. The van der Waals surface area contributed by atoms with E-state index in [-0.39, 0.29) is 18.8 Å². The van der Waals surface area contributed by atoms with Crippen molar-refractivity contribution in [2.45, 2.75) is 32.4 Å². The van der Waals surface area contributed by atoms with E-state index in [1.54, 1.807) is 0 Å². The first-order chi connectivity index (χ1) is 6.72. The molecule has 0 heterocycles. The van der Waals surface area contributed by atoms with Gasteiger partial charge in [-0.3, -0.25) is 9.59 Å². The molecular formula is C9H19N3O3. The maximum Gasteiger partial charge on any atom is 0.239 e. The molecule has 1 atom stereocenters. The standard InChI is InChI=1S/C9H19N3O3/c1-9(2,3)15-5-6(10)8(14)12-4-7(11)13/h6H,4-5,10H2,1-3H3,(H2,11,13)(H,12,14)/t6-/m0/s1. The Morgan fingerprint density at radius 1 is 1.40 bits per heavy atom. The number of carbonyl (C=O) groups is 2. The lowest BCUT2D eigenvalue weighted by atomic mass is 10.2. The molecule has 0 fully saturated rings. The summed E-state index contributed by atoms with van der Waals surface area (Å²) in [6.45, 7) is 5.49. The highest BCUT2D eigenvalue weighted by atomic mass is 16.5. The Morgan fingerprint density at radius 2 is 1.93 bits per heavy atom. The molecule has 6 heteroatoms. The van der Waals surface area contributed by atoms with Crippen LogP contribution < -0.4 is 16.8 Å². The van der Waals surface area contributed by atoms with Crippen molar-refractivity contribution >= 4 is 11.8 Å². The van der Waals surface area contributed by atoms with E-state index < -0.39 is 17.9 Å². The topological polar surface area (TPSA) is 107 Å².